The van der Waals surface area contributed by atoms with Crippen molar-refractivity contribution in [3.63, 3.8) is 0 Å². The number of nitrogens with two attached hydrogens (primary N) is 1. The summed E-state index contributed by atoms with van der Waals surface area (Å²) in [6.07, 6.45) is 0.489. The Labute approximate surface area is 125 Å². The predicted octanol–water partition coefficient (Wildman–Crippen LogP) is 2.38. The van der Waals surface area contributed by atoms with E-state index in [0.717, 1.165) is 0 Å². The van der Waals surface area contributed by atoms with E-state index in [1.54, 1.807) is 31.2 Å². The van der Waals surface area contributed by atoms with Gasteiger partial charge in [0.05, 0.1) is 6.04 Å². The average molecular weight is 300 g/mol. The molecule has 0 saturated carbocycles. The highest BCUT2D eigenvalue weighted by Gasteiger charge is 2.08. The fraction of sp³-hybridized carbons (Fsp3) is 0.429. The summed E-state index contributed by atoms with van der Waals surface area (Å²) in [6, 6.07) is 6.39. The van der Waals surface area contributed by atoms with Crippen molar-refractivity contribution in [2.45, 2.75) is 33.2 Å². The van der Waals surface area contributed by atoms with Crippen LogP contribution in [0.5, 0.6) is 0 Å². The number of halogens is 1. The van der Waals surface area contributed by atoms with E-state index in [1.807, 2.05) is 13.8 Å². The topological polar surface area (TPSA) is 84.2 Å². The molecule has 0 aliphatic rings. The second-order valence-corrected chi connectivity index (χ2v) is 5.00. The van der Waals surface area contributed by atoms with Gasteiger partial charge in [-0.1, -0.05) is 13.8 Å². The van der Waals surface area contributed by atoms with Gasteiger partial charge in [-0.05, 0) is 37.1 Å². The first kappa shape index (κ1) is 18.4. The first-order valence-electron chi connectivity index (χ1n) is 6.35. The van der Waals surface area contributed by atoms with E-state index >= 15 is 0 Å². The summed E-state index contributed by atoms with van der Waals surface area (Å²) in [6.45, 7) is 5.61. The maximum absolute atomic E-state index is 11.6. The predicted molar refractivity (Wildman–Crippen MR) is 84.1 cm³/mol. The standard InChI is InChI=1S/C14H21N3O2.ClH/c1-9(2)8-13(18)16-11-4-6-12(7-5-11)17-14(19)10(3)15;/h4-7,9-10H,8,15H2,1-3H3,(H,16,18)(H,17,19);1H/t10-;/m0./s1. The van der Waals surface area contributed by atoms with Crippen LogP contribution >= 0.6 is 12.4 Å². The molecule has 1 rings (SSSR count). The molecule has 1 aromatic rings. The van der Waals surface area contributed by atoms with Gasteiger partial charge < -0.3 is 16.4 Å². The zero-order chi connectivity index (χ0) is 14.4. The summed E-state index contributed by atoms with van der Waals surface area (Å²) in [7, 11) is 0. The number of benzene rings is 1. The van der Waals surface area contributed by atoms with Crippen molar-refractivity contribution >= 4 is 35.6 Å². The highest BCUT2D eigenvalue weighted by Crippen LogP contribution is 2.14. The number of rotatable bonds is 5. The molecule has 0 spiro atoms. The number of nitrogens with one attached hydrogen (secondary N) is 2. The van der Waals surface area contributed by atoms with Gasteiger partial charge in [0.2, 0.25) is 11.8 Å². The third kappa shape index (κ3) is 6.54. The van der Waals surface area contributed by atoms with Gasteiger partial charge in [-0.15, -0.1) is 12.4 Å². The zero-order valence-electron chi connectivity index (χ0n) is 12.0. The Morgan fingerprint density at radius 3 is 1.90 bits per heavy atom. The summed E-state index contributed by atoms with van der Waals surface area (Å²) in [5, 5.41) is 5.48. The molecular weight excluding hydrogens is 278 g/mol. The normalized spacial score (nSPS) is 11.4. The quantitative estimate of drug-likeness (QED) is 0.780. The Balaban J connectivity index is 0.00000361. The van der Waals surface area contributed by atoms with Crippen LogP contribution in [0.15, 0.2) is 24.3 Å². The van der Waals surface area contributed by atoms with Crippen molar-refractivity contribution in [1.82, 2.24) is 0 Å². The lowest BCUT2D eigenvalue weighted by Crippen LogP contribution is -2.32. The molecule has 0 bridgehead atoms. The summed E-state index contributed by atoms with van der Waals surface area (Å²) < 4.78 is 0. The Morgan fingerprint density at radius 1 is 1.05 bits per heavy atom. The zero-order valence-corrected chi connectivity index (χ0v) is 12.8. The fourth-order valence-electron chi connectivity index (χ4n) is 1.48. The summed E-state index contributed by atoms with van der Waals surface area (Å²) in [4.78, 5) is 23.0. The Bertz CT molecular complexity index is 444. The molecule has 0 saturated heterocycles. The van der Waals surface area contributed by atoms with Crippen molar-refractivity contribution in [2.75, 3.05) is 10.6 Å². The van der Waals surface area contributed by atoms with Crippen LogP contribution in [0.25, 0.3) is 0 Å². The van der Waals surface area contributed by atoms with Crippen LogP contribution in [0.3, 0.4) is 0 Å². The third-order valence-electron chi connectivity index (χ3n) is 2.44. The van der Waals surface area contributed by atoms with E-state index in [1.165, 1.54) is 0 Å². The first-order chi connectivity index (χ1) is 8.88. The van der Waals surface area contributed by atoms with Gasteiger partial charge in [0.1, 0.15) is 0 Å². The molecule has 4 N–H and O–H groups in total. The van der Waals surface area contributed by atoms with Gasteiger partial charge in [-0.2, -0.15) is 0 Å². The maximum Gasteiger partial charge on any atom is 0.240 e. The molecule has 6 heteroatoms. The van der Waals surface area contributed by atoms with E-state index < -0.39 is 6.04 Å². The molecule has 2 amide bonds. The van der Waals surface area contributed by atoms with Crippen molar-refractivity contribution in [2.24, 2.45) is 11.7 Å². The number of hydrogen-bond donors (Lipinski definition) is 3. The highest BCUT2D eigenvalue weighted by atomic mass is 35.5. The van der Waals surface area contributed by atoms with E-state index in [4.69, 9.17) is 5.73 Å². The molecule has 0 heterocycles. The number of carbonyl (C=O) groups excluding carboxylic acids is 2. The molecule has 0 aromatic heterocycles. The molecule has 112 valence electrons. The summed E-state index contributed by atoms with van der Waals surface area (Å²) >= 11 is 0. The molecule has 5 nitrogen and oxygen atoms in total. The van der Waals surface area contributed by atoms with Crippen LogP contribution in [-0.4, -0.2) is 17.9 Å². The molecular formula is C14H22ClN3O2. The van der Waals surface area contributed by atoms with Crippen molar-refractivity contribution in [3.8, 4) is 0 Å². The van der Waals surface area contributed by atoms with Crippen LogP contribution in [-0.2, 0) is 9.59 Å². The smallest absolute Gasteiger partial charge is 0.240 e. The lowest BCUT2D eigenvalue weighted by Gasteiger charge is -2.10. The second-order valence-electron chi connectivity index (χ2n) is 5.00. The monoisotopic (exact) mass is 299 g/mol. The van der Waals surface area contributed by atoms with Crippen LogP contribution in [0, 0.1) is 5.92 Å². The third-order valence-corrected chi connectivity index (χ3v) is 2.44. The highest BCUT2D eigenvalue weighted by molar-refractivity contribution is 5.95. The van der Waals surface area contributed by atoms with Crippen LogP contribution in [0.1, 0.15) is 27.2 Å². The van der Waals surface area contributed by atoms with Gasteiger partial charge in [-0.3, -0.25) is 9.59 Å². The van der Waals surface area contributed by atoms with Crippen LogP contribution < -0.4 is 16.4 Å². The van der Waals surface area contributed by atoms with Gasteiger partial charge in [0, 0.05) is 17.8 Å². The molecule has 0 unspecified atom stereocenters. The first-order valence-corrected chi connectivity index (χ1v) is 6.35. The van der Waals surface area contributed by atoms with Gasteiger partial charge in [0.25, 0.3) is 0 Å². The number of anilines is 2. The van der Waals surface area contributed by atoms with Gasteiger partial charge in [0.15, 0.2) is 0 Å². The maximum atomic E-state index is 11.6. The van der Waals surface area contributed by atoms with E-state index in [0.29, 0.717) is 23.7 Å². The van der Waals surface area contributed by atoms with Crippen LogP contribution in [0.4, 0.5) is 11.4 Å². The van der Waals surface area contributed by atoms with Crippen LogP contribution in [0.2, 0.25) is 0 Å². The number of amides is 2. The number of hydrogen-bond acceptors (Lipinski definition) is 3. The average Bonchev–Trinajstić information content (AvgIpc) is 2.30. The number of carbonyl (C=O) groups is 2. The molecule has 1 aromatic carbocycles. The van der Waals surface area contributed by atoms with E-state index in [9.17, 15) is 9.59 Å². The summed E-state index contributed by atoms with van der Waals surface area (Å²) in [5.41, 5.74) is 6.83. The molecule has 0 radical (unpaired) electrons. The van der Waals surface area contributed by atoms with Crippen molar-refractivity contribution in [1.29, 1.82) is 0 Å². The van der Waals surface area contributed by atoms with Crippen molar-refractivity contribution < 1.29 is 9.59 Å². The molecule has 0 aliphatic carbocycles. The minimum atomic E-state index is -0.551. The Hall–Kier alpha value is -1.59. The Kier molecular flexibility index (Phi) is 7.87. The largest absolute Gasteiger partial charge is 0.326 e. The van der Waals surface area contributed by atoms with E-state index in [2.05, 4.69) is 10.6 Å². The summed E-state index contributed by atoms with van der Waals surface area (Å²) in [5.74, 6) is 0.0727. The lowest BCUT2D eigenvalue weighted by atomic mass is 10.1. The molecule has 1 atom stereocenters. The molecule has 20 heavy (non-hydrogen) atoms. The minimum Gasteiger partial charge on any atom is -0.326 e. The SMILES string of the molecule is CC(C)CC(=O)Nc1ccc(NC(=O)[C@H](C)N)cc1.Cl. The molecule has 0 fully saturated rings. The van der Waals surface area contributed by atoms with Crippen molar-refractivity contribution in [3.05, 3.63) is 24.3 Å². The Morgan fingerprint density at radius 2 is 1.50 bits per heavy atom. The van der Waals surface area contributed by atoms with Gasteiger partial charge >= 0.3 is 0 Å². The van der Waals surface area contributed by atoms with Gasteiger partial charge in [-0.25, -0.2) is 0 Å². The molecule has 0 aliphatic heterocycles. The fourth-order valence-corrected chi connectivity index (χ4v) is 1.48. The minimum absolute atomic E-state index is 0. The van der Waals surface area contributed by atoms with E-state index in [-0.39, 0.29) is 24.2 Å². The lowest BCUT2D eigenvalue weighted by molar-refractivity contribution is -0.117. The second kappa shape index (κ2) is 8.55.